The Balaban J connectivity index is 1.52. The number of hydrogen-bond acceptors (Lipinski definition) is 8. The van der Waals surface area contributed by atoms with Crippen molar-refractivity contribution < 1.29 is 14.3 Å². The number of nitrogens with one attached hydrogen (secondary N) is 2. The first-order chi connectivity index (χ1) is 16.1. The normalized spacial score (nSPS) is 11.5. The number of hydrogen-bond donors (Lipinski definition) is 2. The molecule has 33 heavy (non-hydrogen) atoms. The standard InChI is InChI=1S/C24H22N4O3S2/c1-30-19-12-6-10-17(14-19)25-22(29)21(16-8-4-3-5-9-16)32-24-28-27-23(33-24)26-18-11-7-13-20(15-18)31-2/h3-15,21H,1-2H3,(H,25,29)(H,26,27). The maximum Gasteiger partial charge on any atom is 0.242 e. The fourth-order valence-electron chi connectivity index (χ4n) is 3.04. The first-order valence-electron chi connectivity index (χ1n) is 10.1. The van der Waals surface area contributed by atoms with Crippen LogP contribution in [0.4, 0.5) is 16.5 Å². The lowest BCUT2D eigenvalue weighted by atomic mass is 10.1. The van der Waals surface area contributed by atoms with Crippen molar-refractivity contribution in [3.63, 3.8) is 0 Å². The highest BCUT2D eigenvalue weighted by Crippen LogP contribution is 2.39. The molecule has 0 aliphatic carbocycles. The van der Waals surface area contributed by atoms with E-state index in [2.05, 4.69) is 20.8 Å². The SMILES string of the molecule is COc1cccc(NC(=O)C(Sc2nnc(Nc3cccc(OC)c3)s2)c2ccccc2)c1. The summed E-state index contributed by atoms with van der Waals surface area (Å²) >= 11 is 2.74. The van der Waals surface area contributed by atoms with Crippen LogP contribution in [0, 0.1) is 0 Å². The highest BCUT2D eigenvalue weighted by molar-refractivity contribution is 8.02. The summed E-state index contributed by atoms with van der Waals surface area (Å²) in [7, 11) is 3.22. The number of carbonyl (C=O) groups excluding carboxylic acids is 1. The minimum Gasteiger partial charge on any atom is -0.497 e. The maximum absolute atomic E-state index is 13.2. The molecule has 0 bridgehead atoms. The summed E-state index contributed by atoms with van der Waals surface area (Å²) in [4.78, 5) is 13.2. The number of nitrogens with zero attached hydrogens (tertiary/aromatic N) is 2. The topological polar surface area (TPSA) is 85.4 Å². The lowest BCUT2D eigenvalue weighted by Crippen LogP contribution is -2.19. The maximum atomic E-state index is 13.2. The van der Waals surface area contributed by atoms with E-state index in [1.165, 1.54) is 23.1 Å². The number of methoxy groups -OCH3 is 2. The molecule has 1 heterocycles. The summed E-state index contributed by atoms with van der Waals surface area (Å²) < 4.78 is 11.2. The van der Waals surface area contributed by atoms with Crippen molar-refractivity contribution in [1.29, 1.82) is 0 Å². The third kappa shape index (κ3) is 6.03. The van der Waals surface area contributed by atoms with Crippen molar-refractivity contribution in [2.45, 2.75) is 9.59 Å². The van der Waals surface area contributed by atoms with E-state index in [1.807, 2.05) is 72.8 Å². The Morgan fingerprint density at radius 2 is 1.55 bits per heavy atom. The zero-order valence-electron chi connectivity index (χ0n) is 18.0. The molecule has 2 N–H and O–H groups in total. The molecule has 1 aromatic heterocycles. The average Bonchev–Trinajstić information content (AvgIpc) is 3.30. The lowest BCUT2D eigenvalue weighted by molar-refractivity contribution is -0.115. The molecule has 3 aromatic carbocycles. The van der Waals surface area contributed by atoms with Gasteiger partial charge in [0.2, 0.25) is 11.0 Å². The zero-order valence-corrected chi connectivity index (χ0v) is 19.7. The molecule has 1 unspecified atom stereocenters. The Morgan fingerprint density at radius 3 is 2.24 bits per heavy atom. The Morgan fingerprint density at radius 1 is 0.879 bits per heavy atom. The molecule has 9 heteroatoms. The van der Waals surface area contributed by atoms with Gasteiger partial charge < -0.3 is 20.1 Å². The van der Waals surface area contributed by atoms with Crippen LogP contribution in [0.15, 0.2) is 83.2 Å². The van der Waals surface area contributed by atoms with Crippen molar-refractivity contribution in [1.82, 2.24) is 10.2 Å². The van der Waals surface area contributed by atoms with Crippen LogP contribution in [0.3, 0.4) is 0 Å². The van der Waals surface area contributed by atoms with Gasteiger partial charge in [-0.25, -0.2) is 0 Å². The van der Waals surface area contributed by atoms with Gasteiger partial charge in [0.1, 0.15) is 16.7 Å². The number of rotatable bonds is 9. The van der Waals surface area contributed by atoms with E-state index >= 15 is 0 Å². The number of amides is 1. The molecule has 0 radical (unpaired) electrons. The minimum atomic E-state index is -0.505. The van der Waals surface area contributed by atoms with E-state index in [0.29, 0.717) is 20.9 Å². The van der Waals surface area contributed by atoms with Crippen molar-refractivity contribution in [2.24, 2.45) is 0 Å². The van der Waals surface area contributed by atoms with E-state index in [9.17, 15) is 4.79 Å². The highest BCUT2D eigenvalue weighted by Gasteiger charge is 2.24. The molecule has 168 valence electrons. The largest absolute Gasteiger partial charge is 0.497 e. The Labute approximate surface area is 200 Å². The van der Waals surface area contributed by atoms with Crippen LogP contribution in [-0.2, 0) is 4.79 Å². The Kier molecular flexibility index (Phi) is 7.43. The van der Waals surface area contributed by atoms with Gasteiger partial charge in [-0.1, -0.05) is 65.6 Å². The van der Waals surface area contributed by atoms with Gasteiger partial charge in [-0.2, -0.15) is 0 Å². The fourth-order valence-corrected chi connectivity index (χ4v) is 5.01. The summed E-state index contributed by atoms with van der Waals surface area (Å²) in [6.07, 6.45) is 0. The Hall–Kier alpha value is -3.56. The molecule has 0 fully saturated rings. The number of anilines is 3. The van der Waals surface area contributed by atoms with E-state index in [-0.39, 0.29) is 5.91 Å². The monoisotopic (exact) mass is 478 g/mol. The Bertz CT molecular complexity index is 1220. The van der Waals surface area contributed by atoms with Crippen LogP contribution in [-0.4, -0.2) is 30.3 Å². The third-order valence-corrected chi connectivity index (χ3v) is 6.80. The van der Waals surface area contributed by atoms with Gasteiger partial charge in [0.05, 0.1) is 14.2 Å². The third-order valence-electron chi connectivity index (χ3n) is 4.62. The first-order valence-corrected chi connectivity index (χ1v) is 11.8. The lowest BCUT2D eigenvalue weighted by Gasteiger charge is -2.16. The van der Waals surface area contributed by atoms with Crippen molar-refractivity contribution in [3.05, 3.63) is 84.4 Å². The number of ether oxygens (including phenoxy) is 2. The van der Waals surface area contributed by atoms with Gasteiger partial charge in [-0.05, 0) is 29.8 Å². The second-order valence-electron chi connectivity index (χ2n) is 6.86. The van der Waals surface area contributed by atoms with Gasteiger partial charge in [0, 0.05) is 23.5 Å². The van der Waals surface area contributed by atoms with E-state index in [4.69, 9.17) is 9.47 Å². The molecule has 4 aromatic rings. The molecular weight excluding hydrogens is 456 g/mol. The molecule has 4 rings (SSSR count). The highest BCUT2D eigenvalue weighted by atomic mass is 32.2. The van der Waals surface area contributed by atoms with Crippen molar-refractivity contribution in [3.8, 4) is 11.5 Å². The molecule has 1 amide bonds. The second kappa shape index (κ2) is 10.8. The molecule has 0 saturated heterocycles. The first kappa shape index (κ1) is 22.6. The zero-order chi connectivity index (χ0) is 23.0. The predicted molar refractivity (Wildman–Crippen MR) is 133 cm³/mol. The van der Waals surface area contributed by atoms with Gasteiger partial charge in [-0.3, -0.25) is 4.79 Å². The summed E-state index contributed by atoms with van der Waals surface area (Å²) in [6, 6.07) is 24.5. The van der Waals surface area contributed by atoms with Crippen LogP contribution in [0.5, 0.6) is 11.5 Å². The molecule has 0 saturated carbocycles. The molecular formula is C24H22N4O3S2. The molecule has 7 nitrogen and oxygen atoms in total. The summed E-state index contributed by atoms with van der Waals surface area (Å²) in [5.74, 6) is 1.27. The fraction of sp³-hybridized carbons (Fsp3) is 0.125. The summed E-state index contributed by atoms with van der Waals surface area (Å²) in [6.45, 7) is 0. The quantitative estimate of drug-likeness (QED) is 0.295. The van der Waals surface area contributed by atoms with Crippen LogP contribution in [0.2, 0.25) is 0 Å². The predicted octanol–water partition coefficient (Wildman–Crippen LogP) is 5.77. The second-order valence-corrected chi connectivity index (χ2v) is 9.19. The van der Waals surface area contributed by atoms with Gasteiger partial charge in [0.25, 0.3) is 0 Å². The van der Waals surface area contributed by atoms with Crippen LogP contribution in [0.1, 0.15) is 10.8 Å². The number of aromatic nitrogens is 2. The number of carbonyl (C=O) groups is 1. The van der Waals surface area contributed by atoms with Crippen LogP contribution < -0.4 is 20.1 Å². The van der Waals surface area contributed by atoms with E-state index < -0.39 is 5.25 Å². The van der Waals surface area contributed by atoms with Crippen LogP contribution in [0.25, 0.3) is 0 Å². The average molecular weight is 479 g/mol. The molecule has 0 aliphatic heterocycles. The summed E-state index contributed by atoms with van der Waals surface area (Å²) in [5, 5.41) is 14.8. The van der Waals surface area contributed by atoms with E-state index in [0.717, 1.165) is 17.0 Å². The smallest absolute Gasteiger partial charge is 0.242 e. The van der Waals surface area contributed by atoms with Crippen molar-refractivity contribution in [2.75, 3.05) is 24.9 Å². The van der Waals surface area contributed by atoms with Gasteiger partial charge >= 0.3 is 0 Å². The van der Waals surface area contributed by atoms with Crippen molar-refractivity contribution >= 4 is 45.5 Å². The number of benzene rings is 3. The van der Waals surface area contributed by atoms with Crippen LogP contribution >= 0.6 is 23.1 Å². The summed E-state index contributed by atoms with van der Waals surface area (Å²) in [5.41, 5.74) is 2.39. The van der Waals surface area contributed by atoms with E-state index in [1.54, 1.807) is 20.3 Å². The minimum absolute atomic E-state index is 0.156. The van der Waals surface area contributed by atoms with Gasteiger partial charge in [-0.15, -0.1) is 10.2 Å². The molecule has 1 atom stereocenters. The number of thioether (sulfide) groups is 1. The molecule has 0 spiro atoms. The molecule has 0 aliphatic rings. The van der Waals surface area contributed by atoms with Gasteiger partial charge in [0.15, 0.2) is 4.34 Å².